The van der Waals surface area contributed by atoms with Gasteiger partial charge in [-0.05, 0) is 42.3 Å². The molecule has 3 rings (SSSR count). The number of nitrogens with one attached hydrogen (secondary N) is 1. The molecule has 0 radical (unpaired) electrons. The molecule has 0 aliphatic carbocycles. The second-order valence-electron chi connectivity index (χ2n) is 4.19. The monoisotopic (exact) mass is 327 g/mol. The van der Waals surface area contributed by atoms with Crippen LogP contribution in [0, 0.1) is 0 Å². The van der Waals surface area contributed by atoms with E-state index in [4.69, 9.17) is 23.2 Å². The maximum absolute atomic E-state index is 6.11. The Morgan fingerprint density at radius 2 is 1.89 bits per heavy atom. The molecule has 1 nitrogen and oxygen atoms in total. The van der Waals surface area contributed by atoms with E-state index in [0.29, 0.717) is 10.0 Å². The summed E-state index contributed by atoms with van der Waals surface area (Å²) in [7, 11) is 1.96. The van der Waals surface area contributed by atoms with Crippen LogP contribution in [0.5, 0.6) is 0 Å². The van der Waals surface area contributed by atoms with E-state index in [2.05, 4.69) is 22.8 Å². The van der Waals surface area contributed by atoms with Crippen LogP contribution in [0.25, 0.3) is 9.40 Å². The molecule has 19 heavy (non-hydrogen) atoms. The van der Waals surface area contributed by atoms with Crippen LogP contribution < -0.4 is 5.32 Å². The normalized spacial score (nSPS) is 13.0. The summed E-state index contributed by atoms with van der Waals surface area (Å²) in [5.41, 5.74) is 1.13. The third-order valence-corrected chi connectivity index (χ3v) is 5.91. The van der Waals surface area contributed by atoms with Gasteiger partial charge in [-0.2, -0.15) is 0 Å². The van der Waals surface area contributed by atoms with Crippen molar-refractivity contribution in [3.05, 3.63) is 56.2 Å². The fraction of sp³-hybridized carbons (Fsp3) is 0.143. The van der Waals surface area contributed by atoms with Crippen molar-refractivity contribution in [3.8, 4) is 0 Å². The fourth-order valence-electron chi connectivity index (χ4n) is 2.09. The van der Waals surface area contributed by atoms with Crippen LogP contribution in [0.1, 0.15) is 16.5 Å². The summed E-state index contributed by atoms with van der Waals surface area (Å²) in [6.07, 6.45) is 0. The van der Waals surface area contributed by atoms with E-state index >= 15 is 0 Å². The van der Waals surface area contributed by atoms with E-state index in [1.165, 1.54) is 14.3 Å². The predicted octanol–water partition coefficient (Wildman–Crippen LogP) is 5.58. The minimum absolute atomic E-state index is 0.152. The molecule has 5 heteroatoms. The highest BCUT2D eigenvalue weighted by Crippen LogP contribution is 2.36. The standard InChI is InChI=1S/C14H11Cl2NS2/c1-17-14(8-2-3-9(15)10(16)6-8)13-7-12-11(19-13)4-5-18-12/h2-7,14,17H,1H3. The molecule has 0 amide bonds. The largest absolute Gasteiger partial charge is 0.309 e. The number of benzene rings is 1. The summed E-state index contributed by atoms with van der Waals surface area (Å²) < 4.78 is 2.67. The number of thiophene rings is 2. The first kappa shape index (κ1) is 13.4. The SMILES string of the molecule is CNC(c1ccc(Cl)c(Cl)c1)c1cc2sccc2s1. The highest BCUT2D eigenvalue weighted by Gasteiger charge is 2.16. The Labute approximate surface area is 129 Å². The lowest BCUT2D eigenvalue weighted by Gasteiger charge is -2.15. The van der Waals surface area contributed by atoms with Gasteiger partial charge in [-0.3, -0.25) is 0 Å². The van der Waals surface area contributed by atoms with E-state index in [-0.39, 0.29) is 6.04 Å². The smallest absolute Gasteiger partial charge is 0.0669 e. The van der Waals surface area contributed by atoms with Crippen LogP contribution in [-0.2, 0) is 0 Å². The molecule has 0 aliphatic heterocycles. The van der Waals surface area contributed by atoms with Crippen molar-refractivity contribution >= 4 is 55.3 Å². The molecule has 0 saturated carbocycles. The molecule has 0 aliphatic rings. The average molecular weight is 328 g/mol. The number of fused-ring (bicyclic) bond motifs is 1. The molecule has 2 aromatic heterocycles. The van der Waals surface area contributed by atoms with Crippen molar-refractivity contribution in [3.63, 3.8) is 0 Å². The van der Waals surface area contributed by atoms with Crippen LogP contribution in [-0.4, -0.2) is 7.05 Å². The molecule has 0 spiro atoms. The minimum atomic E-state index is 0.152. The van der Waals surface area contributed by atoms with Crippen molar-refractivity contribution < 1.29 is 0 Å². The van der Waals surface area contributed by atoms with Crippen molar-refractivity contribution in [2.75, 3.05) is 7.05 Å². The van der Waals surface area contributed by atoms with Gasteiger partial charge in [0.25, 0.3) is 0 Å². The number of hydrogen-bond acceptors (Lipinski definition) is 3. The maximum atomic E-state index is 6.11. The summed E-state index contributed by atoms with van der Waals surface area (Å²) >= 11 is 15.7. The molecule has 1 atom stereocenters. The number of hydrogen-bond donors (Lipinski definition) is 1. The third-order valence-electron chi connectivity index (χ3n) is 3.01. The first-order valence-electron chi connectivity index (χ1n) is 5.78. The Kier molecular flexibility index (Phi) is 3.83. The Bertz CT molecular complexity index is 689. The van der Waals surface area contributed by atoms with Gasteiger partial charge >= 0.3 is 0 Å². The van der Waals surface area contributed by atoms with Crippen molar-refractivity contribution in [2.45, 2.75) is 6.04 Å². The third kappa shape index (κ3) is 2.54. The summed E-state index contributed by atoms with van der Waals surface area (Å²) in [4.78, 5) is 1.29. The maximum Gasteiger partial charge on any atom is 0.0669 e. The molecular formula is C14H11Cl2NS2. The van der Waals surface area contributed by atoms with E-state index in [1.54, 1.807) is 11.3 Å². The van der Waals surface area contributed by atoms with Gasteiger partial charge in [0.15, 0.2) is 0 Å². The molecule has 0 saturated heterocycles. The van der Waals surface area contributed by atoms with Crippen LogP contribution >= 0.6 is 45.9 Å². The second-order valence-corrected chi connectivity index (χ2v) is 7.07. The first-order valence-corrected chi connectivity index (χ1v) is 8.23. The predicted molar refractivity (Wildman–Crippen MR) is 87.1 cm³/mol. The van der Waals surface area contributed by atoms with Gasteiger partial charge in [0.05, 0.1) is 16.1 Å². The van der Waals surface area contributed by atoms with Gasteiger partial charge < -0.3 is 5.32 Å². The number of rotatable bonds is 3. The summed E-state index contributed by atoms with van der Waals surface area (Å²) in [5.74, 6) is 0. The Morgan fingerprint density at radius 3 is 2.58 bits per heavy atom. The molecule has 0 bridgehead atoms. The van der Waals surface area contributed by atoms with E-state index in [1.807, 2.05) is 36.6 Å². The highest BCUT2D eigenvalue weighted by atomic mass is 35.5. The zero-order valence-corrected chi connectivity index (χ0v) is 13.3. The van der Waals surface area contributed by atoms with Gasteiger partial charge in [-0.25, -0.2) is 0 Å². The first-order chi connectivity index (χ1) is 9.19. The van der Waals surface area contributed by atoms with Gasteiger partial charge in [0, 0.05) is 14.3 Å². The van der Waals surface area contributed by atoms with Crippen LogP contribution in [0.15, 0.2) is 35.7 Å². The highest BCUT2D eigenvalue weighted by molar-refractivity contribution is 7.27. The Balaban J connectivity index is 2.03. The van der Waals surface area contributed by atoms with Gasteiger partial charge in [0.1, 0.15) is 0 Å². The minimum Gasteiger partial charge on any atom is -0.309 e. The zero-order chi connectivity index (χ0) is 13.4. The quantitative estimate of drug-likeness (QED) is 0.662. The van der Waals surface area contributed by atoms with Crippen molar-refractivity contribution in [2.24, 2.45) is 0 Å². The fourth-order valence-corrected chi connectivity index (χ4v) is 4.66. The van der Waals surface area contributed by atoms with Crippen LogP contribution in [0.4, 0.5) is 0 Å². The molecule has 2 heterocycles. The molecule has 1 aromatic carbocycles. The Hall–Kier alpha value is -0.580. The van der Waals surface area contributed by atoms with E-state index < -0.39 is 0 Å². The molecule has 3 aromatic rings. The van der Waals surface area contributed by atoms with Gasteiger partial charge in [-0.1, -0.05) is 29.3 Å². The summed E-state index contributed by atoms with van der Waals surface area (Å²) in [6.45, 7) is 0. The van der Waals surface area contributed by atoms with Crippen molar-refractivity contribution in [1.82, 2.24) is 5.32 Å². The van der Waals surface area contributed by atoms with Gasteiger partial charge in [-0.15, -0.1) is 22.7 Å². The Morgan fingerprint density at radius 1 is 1.05 bits per heavy atom. The molecule has 1 unspecified atom stereocenters. The zero-order valence-electron chi connectivity index (χ0n) is 10.1. The van der Waals surface area contributed by atoms with Crippen molar-refractivity contribution in [1.29, 1.82) is 0 Å². The lowest BCUT2D eigenvalue weighted by atomic mass is 10.1. The molecule has 98 valence electrons. The average Bonchev–Trinajstić information content (AvgIpc) is 2.95. The van der Waals surface area contributed by atoms with Crippen LogP contribution in [0.3, 0.4) is 0 Å². The topological polar surface area (TPSA) is 12.0 Å². The van der Waals surface area contributed by atoms with Crippen LogP contribution in [0.2, 0.25) is 10.0 Å². The molecule has 0 fully saturated rings. The molecule has 1 N–H and O–H groups in total. The second kappa shape index (κ2) is 5.43. The van der Waals surface area contributed by atoms with Gasteiger partial charge in [0.2, 0.25) is 0 Å². The summed E-state index contributed by atoms with van der Waals surface area (Å²) in [6, 6.07) is 10.4. The van der Waals surface area contributed by atoms with E-state index in [0.717, 1.165) is 5.56 Å². The summed E-state index contributed by atoms with van der Waals surface area (Å²) in [5, 5.41) is 6.65. The lowest BCUT2D eigenvalue weighted by molar-refractivity contribution is 0.704. The van der Waals surface area contributed by atoms with E-state index in [9.17, 15) is 0 Å². The molecular weight excluding hydrogens is 317 g/mol. The lowest BCUT2D eigenvalue weighted by Crippen LogP contribution is -2.16. The number of halogens is 2.